The van der Waals surface area contributed by atoms with Gasteiger partial charge in [-0.3, -0.25) is 0 Å². The minimum Gasteiger partial charge on any atom is -0.504 e. The van der Waals surface area contributed by atoms with E-state index in [1.54, 1.807) is 0 Å². The van der Waals surface area contributed by atoms with Gasteiger partial charge in [-0.25, -0.2) is 9.37 Å². The van der Waals surface area contributed by atoms with E-state index >= 15 is 0 Å². The van der Waals surface area contributed by atoms with Crippen molar-refractivity contribution in [3.63, 3.8) is 0 Å². The molecule has 14 heavy (non-hydrogen) atoms. The Morgan fingerprint density at radius 2 is 2.07 bits per heavy atom. The molecule has 0 aliphatic carbocycles. The number of rotatable bonds is 0. The first-order chi connectivity index (χ1) is 6.58. The number of benzene rings is 1. The summed E-state index contributed by atoms with van der Waals surface area (Å²) in [4.78, 5) is 3.85. The topological polar surface area (TPSA) is 59.1 Å². The second-order valence-electron chi connectivity index (χ2n) is 2.85. The highest BCUT2D eigenvalue weighted by Crippen LogP contribution is 2.27. The molecular formula is C9H6ClFN2O. The molecule has 0 radical (unpaired) electrons. The van der Waals surface area contributed by atoms with Crippen LogP contribution in [-0.4, -0.2) is 10.1 Å². The van der Waals surface area contributed by atoms with Crippen molar-refractivity contribution in [3.05, 3.63) is 29.0 Å². The summed E-state index contributed by atoms with van der Waals surface area (Å²) in [5.74, 6) is -0.718. The number of anilines is 1. The highest BCUT2D eigenvalue weighted by molar-refractivity contribution is 6.31. The van der Waals surface area contributed by atoms with E-state index in [9.17, 15) is 9.50 Å². The number of fused-ring (bicyclic) bond motifs is 1. The van der Waals surface area contributed by atoms with Crippen LogP contribution in [0.25, 0.3) is 10.9 Å². The zero-order valence-corrected chi connectivity index (χ0v) is 7.72. The zero-order chi connectivity index (χ0) is 10.3. The zero-order valence-electron chi connectivity index (χ0n) is 6.96. The minimum atomic E-state index is -0.551. The summed E-state index contributed by atoms with van der Waals surface area (Å²) >= 11 is 5.56. The molecule has 0 fully saturated rings. The minimum absolute atomic E-state index is 0.000162. The second-order valence-corrected chi connectivity index (χ2v) is 3.26. The molecule has 1 aromatic heterocycles. The summed E-state index contributed by atoms with van der Waals surface area (Å²) in [6.45, 7) is 0. The molecule has 0 saturated carbocycles. The lowest BCUT2D eigenvalue weighted by Crippen LogP contribution is -1.91. The van der Waals surface area contributed by atoms with Crippen molar-refractivity contribution < 1.29 is 9.50 Å². The molecule has 3 N–H and O–H groups in total. The molecule has 0 unspecified atom stereocenters. The fourth-order valence-corrected chi connectivity index (χ4v) is 1.33. The van der Waals surface area contributed by atoms with Crippen LogP contribution >= 0.6 is 11.6 Å². The molecule has 1 aromatic carbocycles. The number of hydrogen-bond donors (Lipinski definition) is 2. The fourth-order valence-electron chi connectivity index (χ4n) is 1.17. The quantitative estimate of drug-likeness (QED) is 0.705. The number of halogens is 2. The van der Waals surface area contributed by atoms with Gasteiger partial charge in [0.15, 0.2) is 11.6 Å². The van der Waals surface area contributed by atoms with Gasteiger partial charge in [0.05, 0.1) is 10.5 Å². The van der Waals surface area contributed by atoms with Crippen LogP contribution in [0, 0.1) is 5.82 Å². The van der Waals surface area contributed by atoms with Gasteiger partial charge < -0.3 is 10.8 Å². The first kappa shape index (κ1) is 9.02. The van der Waals surface area contributed by atoms with E-state index in [0.717, 1.165) is 0 Å². The van der Waals surface area contributed by atoms with E-state index in [1.165, 1.54) is 18.2 Å². The number of nitrogen functional groups attached to an aromatic ring is 1. The summed E-state index contributed by atoms with van der Waals surface area (Å²) in [7, 11) is 0. The summed E-state index contributed by atoms with van der Waals surface area (Å²) in [5.41, 5.74) is 5.83. The smallest absolute Gasteiger partial charge is 0.166 e. The van der Waals surface area contributed by atoms with Crippen LogP contribution < -0.4 is 5.73 Å². The van der Waals surface area contributed by atoms with Gasteiger partial charge in [-0.15, -0.1) is 0 Å². The Labute approximate surface area is 83.9 Å². The third kappa shape index (κ3) is 1.33. The Morgan fingerprint density at radius 1 is 1.36 bits per heavy atom. The molecule has 2 rings (SSSR count). The molecule has 0 saturated heterocycles. The Balaban J connectivity index is 2.83. The molecule has 1 heterocycles. The predicted molar refractivity (Wildman–Crippen MR) is 52.8 cm³/mol. The van der Waals surface area contributed by atoms with Crippen LogP contribution in [-0.2, 0) is 0 Å². The largest absolute Gasteiger partial charge is 0.504 e. The molecule has 0 aliphatic heterocycles. The van der Waals surface area contributed by atoms with Crippen LogP contribution in [0.5, 0.6) is 5.75 Å². The number of aromatic hydroxyl groups is 1. The Kier molecular flexibility index (Phi) is 1.93. The standard InChI is InChI=1S/C9H6ClFN2O/c10-5-3-7-4(1-6(5)11)2-8(14)9(12)13-7/h1-3,14H,(H2,12,13). The lowest BCUT2D eigenvalue weighted by Gasteiger charge is -2.02. The van der Waals surface area contributed by atoms with Crippen LogP contribution in [0.1, 0.15) is 0 Å². The average molecular weight is 213 g/mol. The molecule has 0 bridgehead atoms. The van der Waals surface area contributed by atoms with E-state index in [1.807, 2.05) is 0 Å². The number of nitrogens with zero attached hydrogens (tertiary/aromatic N) is 1. The van der Waals surface area contributed by atoms with E-state index in [0.29, 0.717) is 10.9 Å². The molecule has 5 heteroatoms. The fraction of sp³-hybridized carbons (Fsp3) is 0. The first-order valence-corrected chi connectivity index (χ1v) is 4.20. The molecule has 2 aromatic rings. The normalized spacial score (nSPS) is 10.7. The molecule has 72 valence electrons. The summed E-state index contributed by atoms with van der Waals surface area (Å²) in [6, 6.07) is 3.91. The molecule has 0 amide bonds. The van der Waals surface area contributed by atoms with Gasteiger partial charge in [-0.05, 0) is 18.2 Å². The number of pyridine rings is 1. The van der Waals surface area contributed by atoms with Crippen molar-refractivity contribution >= 4 is 28.3 Å². The van der Waals surface area contributed by atoms with Gasteiger partial charge in [0.1, 0.15) is 5.82 Å². The van der Waals surface area contributed by atoms with Gasteiger partial charge in [0, 0.05) is 5.39 Å². The molecule has 0 spiro atoms. The van der Waals surface area contributed by atoms with E-state index in [4.69, 9.17) is 17.3 Å². The molecule has 3 nitrogen and oxygen atoms in total. The second kappa shape index (κ2) is 2.99. The Morgan fingerprint density at radius 3 is 2.79 bits per heavy atom. The Hall–Kier alpha value is -1.55. The van der Waals surface area contributed by atoms with Crippen molar-refractivity contribution in [3.8, 4) is 5.75 Å². The molecule has 0 aliphatic rings. The van der Waals surface area contributed by atoms with E-state index < -0.39 is 5.82 Å². The average Bonchev–Trinajstić information content (AvgIpc) is 2.11. The van der Waals surface area contributed by atoms with Crippen molar-refractivity contribution in [2.75, 3.05) is 5.73 Å². The monoisotopic (exact) mass is 212 g/mol. The summed E-state index contributed by atoms with van der Waals surface area (Å²) in [6.07, 6.45) is 0. The van der Waals surface area contributed by atoms with Crippen LogP contribution in [0.4, 0.5) is 10.2 Å². The predicted octanol–water partition coefficient (Wildman–Crippen LogP) is 2.32. The van der Waals surface area contributed by atoms with Gasteiger partial charge >= 0.3 is 0 Å². The SMILES string of the molecule is Nc1nc2cc(Cl)c(F)cc2cc1O. The first-order valence-electron chi connectivity index (χ1n) is 3.82. The Bertz CT molecular complexity index is 426. The maximum absolute atomic E-state index is 13.0. The maximum atomic E-state index is 13.0. The highest BCUT2D eigenvalue weighted by Gasteiger charge is 2.06. The lowest BCUT2D eigenvalue weighted by molar-refractivity contribution is 0.477. The third-order valence-corrected chi connectivity index (χ3v) is 2.15. The van der Waals surface area contributed by atoms with E-state index in [-0.39, 0.29) is 16.6 Å². The number of nitrogens with two attached hydrogens (primary N) is 1. The molecular weight excluding hydrogens is 207 g/mol. The molecule has 0 atom stereocenters. The van der Waals surface area contributed by atoms with Gasteiger partial charge in [0.2, 0.25) is 0 Å². The van der Waals surface area contributed by atoms with Crippen molar-refractivity contribution in [2.45, 2.75) is 0 Å². The van der Waals surface area contributed by atoms with Crippen molar-refractivity contribution in [1.82, 2.24) is 4.98 Å². The van der Waals surface area contributed by atoms with Gasteiger partial charge in [-0.2, -0.15) is 0 Å². The van der Waals surface area contributed by atoms with Crippen LogP contribution in [0.2, 0.25) is 5.02 Å². The van der Waals surface area contributed by atoms with Gasteiger partial charge in [0.25, 0.3) is 0 Å². The summed E-state index contributed by atoms with van der Waals surface area (Å²) in [5, 5.41) is 9.67. The van der Waals surface area contributed by atoms with Crippen LogP contribution in [0.3, 0.4) is 0 Å². The number of aromatic nitrogens is 1. The number of hydrogen-bond acceptors (Lipinski definition) is 3. The van der Waals surface area contributed by atoms with E-state index in [2.05, 4.69) is 4.98 Å². The van der Waals surface area contributed by atoms with Crippen LogP contribution in [0.15, 0.2) is 18.2 Å². The summed E-state index contributed by atoms with van der Waals surface area (Å²) < 4.78 is 13.0. The van der Waals surface area contributed by atoms with Gasteiger partial charge in [-0.1, -0.05) is 11.6 Å². The highest BCUT2D eigenvalue weighted by atomic mass is 35.5. The third-order valence-electron chi connectivity index (χ3n) is 1.87. The maximum Gasteiger partial charge on any atom is 0.166 e. The van der Waals surface area contributed by atoms with Crippen molar-refractivity contribution in [1.29, 1.82) is 0 Å². The van der Waals surface area contributed by atoms with Crippen molar-refractivity contribution in [2.24, 2.45) is 0 Å². The lowest BCUT2D eigenvalue weighted by atomic mass is 10.2.